The summed E-state index contributed by atoms with van der Waals surface area (Å²) in [5.41, 5.74) is 3.31. The van der Waals surface area contributed by atoms with Crippen molar-refractivity contribution in [2.24, 2.45) is 0 Å². The van der Waals surface area contributed by atoms with Crippen molar-refractivity contribution in [3.8, 4) is 5.75 Å². The maximum Gasteiger partial charge on any atom is 0.262 e. The van der Waals surface area contributed by atoms with E-state index in [1.165, 1.54) is 0 Å². The Kier molecular flexibility index (Phi) is 7.36. The molecule has 0 atom stereocenters. The number of benzene rings is 2. The van der Waals surface area contributed by atoms with Crippen LogP contribution in [0.3, 0.4) is 0 Å². The Bertz CT molecular complexity index is 1350. The van der Waals surface area contributed by atoms with Gasteiger partial charge < -0.3 is 15.4 Å². The zero-order chi connectivity index (χ0) is 24.9. The van der Waals surface area contributed by atoms with Crippen molar-refractivity contribution in [1.29, 1.82) is 0 Å². The molecule has 0 saturated heterocycles. The minimum atomic E-state index is -0.209. The van der Waals surface area contributed by atoms with Gasteiger partial charge in [-0.05, 0) is 61.4 Å². The third-order valence-corrected chi connectivity index (χ3v) is 6.22. The summed E-state index contributed by atoms with van der Waals surface area (Å²) in [6.07, 6.45) is 6.26. The Morgan fingerprint density at radius 3 is 2.49 bits per heavy atom. The highest BCUT2D eigenvalue weighted by Gasteiger charge is 2.22. The molecule has 0 bridgehead atoms. The monoisotopic (exact) mass is 491 g/mol. The molecule has 0 unspecified atom stereocenters. The number of hydrogen-bond acceptors (Lipinski definition) is 4. The summed E-state index contributed by atoms with van der Waals surface area (Å²) in [6.45, 7) is 2.45. The Labute approximate surface area is 208 Å². The van der Waals surface area contributed by atoms with Crippen molar-refractivity contribution in [3.05, 3.63) is 88.1 Å². The standard InChI is InChI=1S/C27H26ClN3O4/c1-17-22(16-25(32)29-13-14-30-26(33)18-5-3-4-6-18)23-15-21(35-2)11-12-24(23)31(17)27(34)19-7-9-20(28)10-8-19/h3-5,7-12,15H,6,13-14,16H2,1-2H3,(H,29,32)(H,30,33). The molecule has 1 aliphatic carbocycles. The highest BCUT2D eigenvalue weighted by atomic mass is 35.5. The summed E-state index contributed by atoms with van der Waals surface area (Å²) in [7, 11) is 1.57. The van der Waals surface area contributed by atoms with Gasteiger partial charge in [0.2, 0.25) is 11.8 Å². The second kappa shape index (κ2) is 10.6. The van der Waals surface area contributed by atoms with E-state index in [2.05, 4.69) is 10.6 Å². The molecule has 1 heterocycles. The lowest BCUT2D eigenvalue weighted by atomic mass is 10.1. The first kappa shape index (κ1) is 24.3. The van der Waals surface area contributed by atoms with E-state index in [9.17, 15) is 14.4 Å². The van der Waals surface area contributed by atoms with Crippen LogP contribution in [0.4, 0.5) is 0 Å². The van der Waals surface area contributed by atoms with Crippen molar-refractivity contribution in [2.45, 2.75) is 19.8 Å². The number of hydrogen-bond donors (Lipinski definition) is 2. The second-order valence-electron chi connectivity index (χ2n) is 8.20. The molecule has 1 aliphatic rings. The van der Waals surface area contributed by atoms with Crippen LogP contribution in [0, 0.1) is 6.92 Å². The minimum Gasteiger partial charge on any atom is -0.497 e. The predicted molar refractivity (Wildman–Crippen MR) is 136 cm³/mol. The summed E-state index contributed by atoms with van der Waals surface area (Å²) in [6, 6.07) is 12.1. The van der Waals surface area contributed by atoms with Gasteiger partial charge in [0.1, 0.15) is 5.75 Å². The second-order valence-corrected chi connectivity index (χ2v) is 8.64. The number of allylic oxidation sites excluding steroid dienone is 3. The van der Waals surface area contributed by atoms with E-state index in [0.29, 0.717) is 52.6 Å². The fourth-order valence-electron chi connectivity index (χ4n) is 4.13. The quantitative estimate of drug-likeness (QED) is 0.467. The first-order valence-electron chi connectivity index (χ1n) is 11.3. The van der Waals surface area contributed by atoms with E-state index in [4.69, 9.17) is 16.3 Å². The number of aromatic nitrogens is 1. The van der Waals surface area contributed by atoms with Crippen LogP contribution in [0.5, 0.6) is 5.75 Å². The van der Waals surface area contributed by atoms with Crippen LogP contribution < -0.4 is 15.4 Å². The van der Waals surface area contributed by atoms with E-state index in [-0.39, 0.29) is 24.1 Å². The average Bonchev–Trinajstić information content (AvgIpc) is 3.49. The topological polar surface area (TPSA) is 89.4 Å². The third kappa shape index (κ3) is 5.30. The van der Waals surface area contributed by atoms with Gasteiger partial charge in [0.05, 0.1) is 19.0 Å². The minimum absolute atomic E-state index is 0.0828. The van der Waals surface area contributed by atoms with Gasteiger partial charge in [0.15, 0.2) is 0 Å². The molecule has 180 valence electrons. The molecule has 0 saturated carbocycles. The van der Waals surface area contributed by atoms with Crippen molar-refractivity contribution >= 4 is 40.2 Å². The van der Waals surface area contributed by atoms with Gasteiger partial charge in [-0.15, -0.1) is 0 Å². The molecule has 0 aliphatic heterocycles. The van der Waals surface area contributed by atoms with Gasteiger partial charge in [0.25, 0.3) is 5.91 Å². The molecule has 3 aromatic rings. The Morgan fingerprint density at radius 2 is 1.80 bits per heavy atom. The van der Waals surface area contributed by atoms with Gasteiger partial charge in [-0.3, -0.25) is 19.0 Å². The summed E-state index contributed by atoms with van der Waals surface area (Å²) >= 11 is 5.98. The van der Waals surface area contributed by atoms with Crippen LogP contribution in [-0.2, 0) is 16.0 Å². The summed E-state index contributed by atoms with van der Waals surface area (Å²) < 4.78 is 6.99. The number of nitrogens with zero attached hydrogens (tertiary/aromatic N) is 1. The maximum absolute atomic E-state index is 13.4. The Balaban J connectivity index is 1.52. The molecule has 0 spiro atoms. The largest absolute Gasteiger partial charge is 0.497 e. The highest BCUT2D eigenvalue weighted by molar-refractivity contribution is 6.30. The number of fused-ring (bicyclic) bond motifs is 1. The smallest absolute Gasteiger partial charge is 0.262 e. The van der Waals surface area contributed by atoms with Crippen molar-refractivity contribution in [2.75, 3.05) is 20.2 Å². The maximum atomic E-state index is 13.4. The van der Waals surface area contributed by atoms with E-state index in [1.807, 2.05) is 31.2 Å². The third-order valence-electron chi connectivity index (χ3n) is 5.97. The predicted octanol–water partition coefficient (Wildman–Crippen LogP) is 3.96. The van der Waals surface area contributed by atoms with Gasteiger partial charge in [0, 0.05) is 40.3 Å². The number of amides is 2. The van der Waals surface area contributed by atoms with Crippen LogP contribution in [-0.4, -0.2) is 42.5 Å². The number of carbonyl (C=O) groups is 3. The Hall–Kier alpha value is -3.84. The first-order valence-corrected chi connectivity index (χ1v) is 11.7. The zero-order valence-electron chi connectivity index (χ0n) is 19.6. The SMILES string of the molecule is COc1ccc2c(c1)c(CC(=O)NCCNC(=O)C1=CC=CC1)c(C)n2C(=O)c1ccc(Cl)cc1. The van der Waals surface area contributed by atoms with E-state index < -0.39 is 0 Å². The van der Waals surface area contributed by atoms with E-state index in [0.717, 1.165) is 10.9 Å². The van der Waals surface area contributed by atoms with Gasteiger partial charge >= 0.3 is 0 Å². The number of ether oxygens (including phenoxy) is 1. The molecule has 0 radical (unpaired) electrons. The fourth-order valence-corrected chi connectivity index (χ4v) is 4.25. The molecule has 2 aromatic carbocycles. The molecule has 4 rings (SSSR count). The zero-order valence-corrected chi connectivity index (χ0v) is 20.3. The number of rotatable bonds is 8. The van der Waals surface area contributed by atoms with Gasteiger partial charge in [-0.2, -0.15) is 0 Å². The molecular weight excluding hydrogens is 466 g/mol. The summed E-state index contributed by atoms with van der Waals surface area (Å²) in [5, 5.41) is 6.97. The lowest BCUT2D eigenvalue weighted by molar-refractivity contribution is -0.121. The number of carbonyl (C=O) groups excluding carboxylic acids is 3. The van der Waals surface area contributed by atoms with E-state index in [1.54, 1.807) is 48.1 Å². The molecule has 2 amide bonds. The molecule has 1 aromatic heterocycles. The van der Waals surface area contributed by atoms with Crippen LogP contribution in [0.1, 0.15) is 28.0 Å². The number of methoxy groups -OCH3 is 1. The molecule has 2 N–H and O–H groups in total. The number of nitrogens with one attached hydrogen (secondary N) is 2. The van der Waals surface area contributed by atoms with Crippen LogP contribution in [0.25, 0.3) is 10.9 Å². The molecule has 7 nitrogen and oxygen atoms in total. The van der Waals surface area contributed by atoms with Crippen LogP contribution >= 0.6 is 11.6 Å². The lowest BCUT2D eigenvalue weighted by Gasteiger charge is -2.09. The van der Waals surface area contributed by atoms with Gasteiger partial charge in [-0.25, -0.2) is 0 Å². The molecule has 0 fully saturated rings. The molecular formula is C27H26ClN3O4. The highest BCUT2D eigenvalue weighted by Crippen LogP contribution is 2.30. The van der Waals surface area contributed by atoms with Gasteiger partial charge in [-0.1, -0.05) is 29.8 Å². The van der Waals surface area contributed by atoms with Crippen molar-refractivity contribution < 1.29 is 19.1 Å². The summed E-state index contributed by atoms with van der Waals surface area (Å²) in [5.74, 6) is 0.0916. The average molecular weight is 492 g/mol. The van der Waals surface area contributed by atoms with Crippen molar-refractivity contribution in [1.82, 2.24) is 15.2 Å². The molecule has 8 heteroatoms. The number of halogens is 1. The molecule has 35 heavy (non-hydrogen) atoms. The Morgan fingerprint density at radius 1 is 1.06 bits per heavy atom. The van der Waals surface area contributed by atoms with E-state index >= 15 is 0 Å². The lowest BCUT2D eigenvalue weighted by Crippen LogP contribution is -2.35. The fraction of sp³-hybridized carbons (Fsp3) is 0.222. The van der Waals surface area contributed by atoms with Crippen molar-refractivity contribution in [3.63, 3.8) is 0 Å². The van der Waals surface area contributed by atoms with Crippen LogP contribution in [0.2, 0.25) is 5.02 Å². The normalized spacial score (nSPS) is 12.5. The summed E-state index contributed by atoms with van der Waals surface area (Å²) in [4.78, 5) is 38.2. The first-order chi connectivity index (χ1) is 16.9. The van der Waals surface area contributed by atoms with Crippen LogP contribution in [0.15, 0.2) is 66.3 Å².